The fourth-order valence-electron chi connectivity index (χ4n) is 4.80. The molecule has 6 heteroatoms. The lowest BCUT2D eigenvalue weighted by atomic mass is 10.1. The molecule has 39 heavy (non-hydrogen) atoms. The fraction of sp³-hybridized carbons (Fsp3) is 0.394. The van der Waals surface area contributed by atoms with Crippen LogP contribution in [0.2, 0.25) is 0 Å². The molecule has 3 aromatic carbocycles. The van der Waals surface area contributed by atoms with Crippen LogP contribution in [0.5, 0.6) is 0 Å². The highest BCUT2D eigenvalue weighted by Crippen LogP contribution is 2.26. The Balaban J connectivity index is 1.25. The van der Waals surface area contributed by atoms with Crippen molar-refractivity contribution >= 4 is 11.8 Å². The highest BCUT2D eigenvalue weighted by molar-refractivity contribution is 6.21. The summed E-state index contributed by atoms with van der Waals surface area (Å²) in [4.78, 5) is 29.2. The molecule has 1 aliphatic heterocycles. The second kappa shape index (κ2) is 12.7. The van der Waals surface area contributed by atoms with Gasteiger partial charge in [-0.2, -0.15) is 0 Å². The van der Waals surface area contributed by atoms with E-state index in [2.05, 4.69) is 67.3 Å². The maximum atomic E-state index is 12.7. The van der Waals surface area contributed by atoms with E-state index in [4.69, 9.17) is 9.47 Å². The highest BCUT2D eigenvalue weighted by atomic mass is 16.5. The Morgan fingerprint density at radius 1 is 0.641 bits per heavy atom. The molecule has 1 heterocycles. The third-order valence-corrected chi connectivity index (χ3v) is 7.01. The number of carbonyl (C=O) groups excluding carboxylic acids is 2. The summed E-state index contributed by atoms with van der Waals surface area (Å²) in [5, 5.41) is 0. The van der Waals surface area contributed by atoms with Crippen molar-refractivity contribution in [3.8, 4) is 0 Å². The van der Waals surface area contributed by atoms with Gasteiger partial charge in [-0.3, -0.25) is 19.4 Å². The summed E-state index contributed by atoms with van der Waals surface area (Å²) in [7, 11) is 0. The molecule has 0 atom stereocenters. The van der Waals surface area contributed by atoms with Gasteiger partial charge in [0.05, 0.1) is 42.1 Å². The third kappa shape index (κ3) is 8.09. The van der Waals surface area contributed by atoms with Crippen LogP contribution in [0, 0.1) is 0 Å². The van der Waals surface area contributed by atoms with Crippen LogP contribution < -0.4 is 0 Å². The Morgan fingerprint density at radius 3 is 1.62 bits per heavy atom. The third-order valence-electron chi connectivity index (χ3n) is 7.01. The van der Waals surface area contributed by atoms with E-state index < -0.39 is 5.60 Å². The minimum atomic E-state index is -0.675. The zero-order chi connectivity index (χ0) is 27.9. The molecular weight excluding hydrogens is 488 g/mol. The van der Waals surface area contributed by atoms with Crippen LogP contribution in [-0.4, -0.2) is 59.1 Å². The molecule has 0 unspecified atom stereocenters. The van der Waals surface area contributed by atoms with Gasteiger partial charge in [0.25, 0.3) is 11.8 Å². The van der Waals surface area contributed by atoms with E-state index in [0.717, 1.165) is 19.6 Å². The zero-order valence-electron chi connectivity index (χ0n) is 23.6. The highest BCUT2D eigenvalue weighted by Gasteiger charge is 2.38. The standard InChI is InChI=1S/C33H40N2O4/c1-32(2,19-21-38-33(3,4)25-35-30(36)28-17-11-12-18-29(28)31(35)37)39-22-20-34(23-26-13-7-5-8-14-26)24-27-15-9-6-10-16-27/h5-18H,19-25H2,1-4H3. The smallest absolute Gasteiger partial charge is 0.261 e. The normalized spacial score (nSPS) is 13.8. The largest absolute Gasteiger partial charge is 0.374 e. The summed E-state index contributed by atoms with van der Waals surface area (Å²) in [6.07, 6.45) is 0.690. The van der Waals surface area contributed by atoms with Crippen molar-refractivity contribution in [1.82, 2.24) is 9.80 Å². The number of benzene rings is 3. The average molecular weight is 529 g/mol. The molecule has 0 fully saturated rings. The van der Waals surface area contributed by atoms with Crippen LogP contribution in [-0.2, 0) is 22.6 Å². The van der Waals surface area contributed by atoms with Crippen molar-refractivity contribution < 1.29 is 19.1 Å². The predicted octanol–water partition coefficient (Wildman–Crippen LogP) is 5.97. The molecule has 6 nitrogen and oxygen atoms in total. The van der Waals surface area contributed by atoms with E-state index in [1.807, 2.05) is 26.0 Å². The van der Waals surface area contributed by atoms with Gasteiger partial charge in [-0.25, -0.2) is 0 Å². The first-order valence-electron chi connectivity index (χ1n) is 13.7. The second-order valence-corrected chi connectivity index (χ2v) is 11.4. The number of rotatable bonds is 14. The van der Waals surface area contributed by atoms with Gasteiger partial charge in [0.1, 0.15) is 0 Å². The number of carbonyl (C=O) groups is 2. The van der Waals surface area contributed by atoms with E-state index in [-0.39, 0.29) is 24.0 Å². The van der Waals surface area contributed by atoms with Crippen LogP contribution in [0.4, 0.5) is 0 Å². The number of imide groups is 1. The van der Waals surface area contributed by atoms with E-state index in [1.165, 1.54) is 16.0 Å². The molecule has 0 radical (unpaired) electrons. The Bertz CT molecular complexity index is 1160. The van der Waals surface area contributed by atoms with Crippen molar-refractivity contribution in [3.63, 3.8) is 0 Å². The molecule has 0 spiro atoms. The molecule has 2 amide bonds. The molecule has 4 rings (SSSR count). The van der Waals surface area contributed by atoms with Gasteiger partial charge in [-0.05, 0) is 57.4 Å². The number of fused-ring (bicyclic) bond motifs is 1. The van der Waals surface area contributed by atoms with Crippen molar-refractivity contribution in [3.05, 3.63) is 107 Å². The van der Waals surface area contributed by atoms with Gasteiger partial charge in [0, 0.05) is 19.6 Å². The van der Waals surface area contributed by atoms with E-state index in [0.29, 0.717) is 30.8 Å². The van der Waals surface area contributed by atoms with Gasteiger partial charge in [0.15, 0.2) is 0 Å². The topological polar surface area (TPSA) is 59.1 Å². The Kier molecular flexibility index (Phi) is 9.33. The van der Waals surface area contributed by atoms with Crippen molar-refractivity contribution in [2.75, 3.05) is 26.3 Å². The number of hydrogen-bond donors (Lipinski definition) is 0. The minimum absolute atomic E-state index is 0.203. The lowest BCUT2D eigenvalue weighted by Gasteiger charge is -2.32. The number of ether oxygens (including phenoxy) is 2. The maximum absolute atomic E-state index is 12.7. The van der Waals surface area contributed by atoms with Crippen LogP contribution in [0.3, 0.4) is 0 Å². The fourth-order valence-corrected chi connectivity index (χ4v) is 4.80. The van der Waals surface area contributed by atoms with Gasteiger partial charge in [0.2, 0.25) is 0 Å². The lowest BCUT2D eigenvalue weighted by Crippen LogP contribution is -2.44. The first kappa shape index (κ1) is 28.7. The summed E-state index contributed by atoms with van der Waals surface area (Å²) >= 11 is 0. The molecule has 0 aromatic heterocycles. The minimum Gasteiger partial charge on any atom is -0.374 e. The number of amides is 2. The van der Waals surface area contributed by atoms with E-state index in [1.54, 1.807) is 24.3 Å². The van der Waals surface area contributed by atoms with Crippen LogP contribution >= 0.6 is 0 Å². The molecule has 0 bridgehead atoms. The van der Waals surface area contributed by atoms with Crippen LogP contribution in [0.15, 0.2) is 84.9 Å². The van der Waals surface area contributed by atoms with E-state index >= 15 is 0 Å². The summed E-state index contributed by atoms with van der Waals surface area (Å²) in [5.74, 6) is -0.516. The van der Waals surface area contributed by atoms with Gasteiger partial charge in [-0.15, -0.1) is 0 Å². The quantitative estimate of drug-likeness (QED) is 0.242. The molecule has 206 valence electrons. The monoisotopic (exact) mass is 528 g/mol. The lowest BCUT2D eigenvalue weighted by molar-refractivity contribution is -0.0796. The first-order chi connectivity index (χ1) is 18.6. The van der Waals surface area contributed by atoms with Crippen LogP contribution in [0.25, 0.3) is 0 Å². The maximum Gasteiger partial charge on any atom is 0.261 e. The summed E-state index contributed by atoms with van der Waals surface area (Å²) in [5.41, 5.74) is 2.42. The molecular formula is C33H40N2O4. The van der Waals surface area contributed by atoms with Gasteiger partial charge in [-0.1, -0.05) is 72.8 Å². The van der Waals surface area contributed by atoms with Crippen LogP contribution in [0.1, 0.15) is 66.0 Å². The SMILES string of the molecule is CC(C)(CCOC(C)(C)CN1C(=O)c2ccccc2C1=O)OCCN(Cc1ccccc1)Cc1ccccc1. The predicted molar refractivity (Wildman–Crippen MR) is 153 cm³/mol. The molecule has 3 aromatic rings. The van der Waals surface area contributed by atoms with Crippen molar-refractivity contribution in [2.45, 2.75) is 58.4 Å². The molecule has 0 aliphatic carbocycles. The molecule has 0 N–H and O–H groups in total. The van der Waals surface area contributed by atoms with Crippen molar-refractivity contribution in [2.24, 2.45) is 0 Å². The molecule has 0 saturated carbocycles. The Hall–Kier alpha value is -3.32. The van der Waals surface area contributed by atoms with Gasteiger partial charge < -0.3 is 9.47 Å². The summed E-state index contributed by atoms with van der Waals surface area (Å²) < 4.78 is 12.5. The number of hydrogen-bond acceptors (Lipinski definition) is 5. The van der Waals surface area contributed by atoms with Gasteiger partial charge >= 0.3 is 0 Å². The van der Waals surface area contributed by atoms with E-state index in [9.17, 15) is 9.59 Å². The summed E-state index contributed by atoms with van der Waals surface area (Å²) in [6, 6.07) is 28.0. The Morgan fingerprint density at radius 2 is 1.10 bits per heavy atom. The van der Waals surface area contributed by atoms with Crippen molar-refractivity contribution in [1.29, 1.82) is 0 Å². The number of nitrogens with zero attached hydrogens (tertiary/aromatic N) is 2. The molecule has 1 aliphatic rings. The Labute approximate surface area is 232 Å². The summed E-state index contributed by atoms with van der Waals surface area (Å²) in [6.45, 7) is 11.8. The second-order valence-electron chi connectivity index (χ2n) is 11.4. The zero-order valence-corrected chi connectivity index (χ0v) is 23.6. The first-order valence-corrected chi connectivity index (χ1v) is 13.7. The molecule has 0 saturated heterocycles. The average Bonchev–Trinajstić information content (AvgIpc) is 3.14.